The van der Waals surface area contributed by atoms with Crippen molar-refractivity contribution in [2.45, 2.75) is 26.2 Å². The molecule has 5 heteroatoms. The summed E-state index contributed by atoms with van der Waals surface area (Å²) in [6, 6.07) is 10.1. The highest BCUT2D eigenvalue weighted by Gasteiger charge is 2.06. The number of nitrogens with zero attached hydrogens (tertiary/aromatic N) is 2. The van der Waals surface area contributed by atoms with Crippen molar-refractivity contribution < 1.29 is 4.74 Å². The first-order valence-corrected chi connectivity index (χ1v) is 7.89. The van der Waals surface area contributed by atoms with Crippen molar-refractivity contribution in [3.8, 4) is 0 Å². The van der Waals surface area contributed by atoms with E-state index in [0.717, 1.165) is 41.2 Å². The maximum absolute atomic E-state index is 5.16. The smallest absolute Gasteiger partial charge is 0.135 e. The first-order chi connectivity index (χ1) is 10.2. The van der Waals surface area contributed by atoms with Crippen LogP contribution in [0.3, 0.4) is 0 Å². The molecule has 0 radical (unpaired) electrons. The van der Waals surface area contributed by atoms with Gasteiger partial charge >= 0.3 is 0 Å². The van der Waals surface area contributed by atoms with Crippen LogP contribution in [0.1, 0.15) is 24.7 Å². The minimum atomic E-state index is 0.702. The van der Waals surface area contributed by atoms with E-state index in [1.165, 1.54) is 5.56 Å². The molecule has 0 bridgehead atoms. The molecule has 0 unspecified atom stereocenters. The molecule has 2 aromatic rings. The lowest BCUT2D eigenvalue weighted by Crippen LogP contribution is -2.03. The van der Waals surface area contributed by atoms with Crippen molar-refractivity contribution in [2.75, 3.05) is 19.0 Å². The third-order valence-electron chi connectivity index (χ3n) is 3.07. The molecular formula is C16H20BrN3O. The lowest BCUT2D eigenvalue weighted by molar-refractivity contribution is 0.202. The Morgan fingerprint density at radius 1 is 1.19 bits per heavy atom. The van der Waals surface area contributed by atoms with E-state index in [-0.39, 0.29) is 0 Å². The summed E-state index contributed by atoms with van der Waals surface area (Å²) in [4.78, 5) is 8.94. The molecule has 0 spiro atoms. The minimum Gasteiger partial charge on any atom is -0.384 e. The van der Waals surface area contributed by atoms with Crippen molar-refractivity contribution in [1.82, 2.24) is 9.97 Å². The van der Waals surface area contributed by atoms with E-state index < -0.39 is 0 Å². The molecule has 4 nitrogen and oxygen atoms in total. The molecule has 0 saturated carbocycles. The quantitative estimate of drug-likeness (QED) is 0.763. The van der Waals surface area contributed by atoms with E-state index in [2.05, 4.69) is 50.3 Å². The van der Waals surface area contributed by atoms with Crippen LogP contribution in [0, 0.1) is 0 Å². The molecule has 0 saturated heterocycles. The number of halogens is 1. The number of aromatic nitrogens is 2. The first kappa shape index (κ1) is 15.9. The van der Waals surface area contributed by atoms with Gasteiger partial charge in [-0.05, 0) is 40.4 Å². The fourth-order valence-electron chi connectivity index (χ4n) is 2.07. The standard InChI is InChI=1S/C16H20BrN3O/c1-3-6-15-19-14(17)11-16(20-15)18-13-8-5-4-7-12(13)9-10-21-2/h4-5,7-8,11H,3,6,9-10H2,1-2H3,(H,18,19,20). The van der Waals surface area contributed by atoms with Gasteiger partial charge in [-0.2, -0.15) is 0 Å². The summed E-state index contributed by atoms with van der Waals surface area (Å²) in [7, 11) is 1.72. The zero-order chi connectivity index (χ0) is 15.1. The lowest BCUT2D eigenvalue weighted by Gasteiger charge is -2.12. The van der Waals surface area contributed by atoms with Crippen molar-refractivity contribution >= 4 is 27.4 Å². The SMILES string of the molecule is CCCc1nc(Br)cc(Nc2ccccc2CCOC)n1. The van der Waals surface area contributed by atoms with Crippen LogP contribution in [0.15, 0.2) is 34.9 Å². The summed E-state index contributed by atoms with van der Waals surface area (Å²) >= 11 is 3.45. The number of rotatable bonds is 7. The number of nitrogens with one attached hydrogen (secondary N) is 1. The molecule has 1 heterocycles. The van der Waals surface area contributed by atoms with Crippen LogP contribution in [-0.4, -0.2) is 23.7 Å². The van der Waals surface area contributed by atoms with Crippen molar-refractivity contribution in [3.05, 3.63) is 46.3 Å². The van der Waals surface area contributed by atoms with E-state index in [0.29, 0.717) is 6.61 Å². The van der Waals surface area contributed by atoms with Crippen LogP contribution in [0.25, 0.3) is 0 Å². The van der Waals surface area contributed by atoms with Gasteiger partial charge in [0.2, 0.25) is 0 Å². The van der Waals surface area contributed by atoms with Gasteiger partial charge in [0, 0.05) is 25.3 Å². The number of hydrogen-bond donors (Lipinski definition) is 1. The molecule has 1 aromatic carbocycles. The summed E-state index contributed by atoms with van der Waals surface area (Å²) in [6.07, 6.45) is 2.77. The largest absolute Gasteiger partial charge is 0.384 e. The average Bonchev–Trinajstić information content (AvgIpc) is 2.46. The maximum atomic E-state index is 5.16. The van der Waals surface area contributed by atoms with Gasteiger partial charge in [0.05, 0.1) is 6.61 Å². The molecule has 0 aliphatic carbocycles. The van der Waals surface area contributed by atoms with Crippen molar-refractivity contribution in [3.63, 3.8) is 0 Å². The molecule has 0 aliphatic rings. The Labute approximate surface area is 134 Å². The second-order valence-electron chi connectivity index (χ2n) is 4.77. The number of anilines is 2. The summed E-state index contributed by atoms with van der Waals surface area (Å²) < 4.78 is 5.96. The Morgan fingerprint density at radius 3 is 2.76 bits per heavy atom. The molecule has 112 valence electrons. The van der Waals surface area contributed by atoms with Gasteiger partial charge in [0.1, 0.15) is 16.2 Å². The van der Waals surface area contributed by atoms with Gasteiger partial charge in [-0.3, -0.25) is 0 Å². The van der Waals surface area contributed by atoms with Crippen LogP contribution in [0.4, 0.5) is 11.5 Å². The van der Waals surface area contributed by atoms with Crippen LogP contribution in [0.5, 0.6) is 0 Å². The van der Waals surface area contributed by atoms with Gasteiger partial charge in [0.15, 0.2) is 0 Å². The number of ether oxygens (including phenoxy) is 1. The first-order valence-electron chi connectivity index (χ1n) is 7.10. The van der Waals surface area contributed by atoms with Gasteiger partial charge < -0.3 is 10.1 Å². The fourth-order valence-corrected chi connectivity index (χ4v) is 2.50. The van der Waals surface area contributed by atoms with E-state index in [4.69, 9.17) is 4.74 Å². The molecule has 1 N–H and O–H groups in total. The van der Waals surface area contributed by atoms with Gasteiger partial charge in [-0.1, -0.05) is 25.1 Å². The lowest BCUT2D eigenvalue weighted by atomic mass is 10.1. The number of methoxy groups -OCH3 is 1. The number of hydrogen-bond acceptors (Lipinski definition) is 4. The predicted molar refractivity (Wildman–Crippen MR) is 89.0 cm³/mol. The molecule has 0 amide bonds. The topological polar surface area (TPSA) is 47.0 Å². The van der Waals surface area contributed by atoms with Gasteiger partial charge in [-0.15, -0.1) is 0 Å². The molecule has 0 fully saturated rings. The Morgan fingerprint density at radius 2 is 2.00 bits per heavy atom. The number of benzene rings is 1. The molecule has 2 rings (SSSR count). The van der Waals surface area contributed by atoms with Crippen LogP contribution < -0.4 is 5.32 Å². The summed E-state index contributed by atoms with van der Waals surface area (Å²) in [5.74, 6) is 1.66. The molecule has 21 heavy (non-hydrogen) atoms. The predicted octanol–water partition coefficient (Wildman–Crippen LogP) is 4.12. The third-order valence-corrected chi connectivity index (χ3v) is 3.48. The third kappa shape index (κ3) is 4.79. The van der Waals surface area contributed by atoms with Gasteiger partial charge in [-0.25, -0.2) is 9.97 Å². The normalized spacial score (nSPS) is 10.6. The number of aryl methyl sites for hydroxylation is 1. The van der Waals surface area contributed by atoms with Crippen LogP contribution in [0.2, 0.25) is 0 Å². The Balaban J connectivity index is 2.21. The second-order valence-corrected chi connectivity index (χ2v) is 5.58. The Kier molecular flexibility index (Phi) is 6.14. The minimum absolute atomic E-state index is 0.702. The zero-order valence-corrected chi connectivity index (χ0v) is 14.0. The van der Waals surface area contributed by atoms with Crippen molar-refractivity contribution in [2.24, 2.45) is 0 Å². The van der Waals surface area contributed by atoms with E-state index in [1.54, 1.807) is 7.11 Å². The molecule has 0 aliphatic heterocycles. The summed E-state index contributed by atoms with van der Waals surface area (Å²) in [6.45, 7) is 2.82. The molecular weight excluding hydrogens is 330 g/mol. The molecule has 1 aromatic heterocycles. The maximum Gasteiger partial charge on any atom is 0.135 e. The Bertz CT molecular complexity index is 589. The second kappa shape index (κ2) is 8.10. The van der Waals surface area contributed by atoms with Crippen LogP contribution >= 0.6 is 15.9 Å². The zero-order valence-electron chi connectivity index (χ0n) is 12.4. The highest BCUT2D eigenvalue weighted by molar-refractivity contribution is 9.10. The van der Waals surface area contributed by atoms with E-state index in [9.17, 15) is 0 Å². The Hall–Kier alpha value is -1.46. The monoisotopic (exact) mass is 349 g/mol. The van der Waals surface area contributed by atoms with Gasteiger partial charge in [0.25, 0.3) is 0 Å². The van der Waals surface area contributed by atoms with E-state index >= 15 is 0 Å². The number of para-hydroxylation sites is 1. The van der Waals surface area contributed by atoms with Crippen molar-refractivity contribution in [1.29, 1.82) is 0 Å². The molecule has 0 atom stereocenters. The average molecular weight is 350 g/mol. The van der Waals surface area contributed by atoms with Crippen LogP contribution in [-0.2, 0) is 17.6 Å². The van der Waals surface area contributed by atoms with E-state index in [1.807, 2.05) is 18.2 Å². The summed E-state index contributed by atoms with van der Waals surface area (Å²) in [5.41, 5.74) is 2.27. The highest BCUT2D eigenvalue weighted by atomic mass is 79.9. The fraction of sp³-hybridized carbons (Fsp3) is 0.375. The summed E-state index contributed by atoms with van der Waals surface area (Å²) in [5, 5.41) is 3.38. The highest BCUT2D eigenvalue weighted by Crippen LogP contribution is 2.22.